The first-order chi connectivity index (χ1) is 12.5. The van der Waals surface area contributed by atoms with Gasteiger partial charge in [0.15, 0.2) is 0 Å². The molecular weight excluding hydrogens is 405 g/mol. The van der Waals surface area contributed by atoms with Gasteiger partial charge in [-0.1, -0.05) is 17.7 Å². The van der Waals surface area contributed by atoms with Gasteiger partial charge in [0.2, 0.25) is 0 Å². The van der Waals surface area contributed by atoms with Gasteiger partial charge in [0.1, 0.15) is 0 Å². The number of alkyl halides is 3. The molecule has 1 amide bonds. The summed E-state index contributed by atoms with van der Waals surface area (Å²) in [5, 5.41) is 2.37. The molecule has 0 bridgehead atoms. The van der Waals surface area contributed by atoms with Crippen molar-refractivity contribution in [1.29, 1.82) is 0 Å². The molecule has 0 fully saturated rings. The van der Waals surface area contributed by atoms with Crippen LogP contribution >= 0.6 is 11.6 Å². The van der Waals surface area contributed by atoms with Crippen LogP contribution in [-0.4, -0.2) is 20.9 Å². The van der Waals surface area contributed by atoms with Crippen molar-refractivity contribution in [2.45, 2.75) is 24.9 Å². The fourth-order valence-corrected chi connectivity index (χ4v) is 3.57. The predicted octanol–water partition coefficient (Wildman–Crippen LogP) is 4.22. The molecule has 27 heavy (non-hydrogen) atoms. The molecule has 0 heterocycles. The van der Waals surface area contributed by atoms with E-state index in [1.54, 1.807) is 13.8 Å². The van der Waals surface area contributed by atoms with Crippen LogP contribution in [0.5, 0.6) is 0 Å². The minimum absolute atomic E-state index is 0.148. The lowest BCUT2D eigenvalue weighted by Crippen LogP contribution is -2.24. The Balaban J connectivity index is 2.43. The number of benzene rings is 2. The summed E-state index contributed by atoms with van der Waals surface area (Å²) in [5.74, 6) is -0.454. The zero-order chi connectivity index (χ0) is 20.4. The van der Waals surface area contributed by atoms with Crippen molar-refractivity contribution < 1.29 is 26.4 Å². The molecule has 0 unspecified atom stereocenters. The van der Waals surface area contributed by atoms with E-state index in [1.807, 2.05) is 4.72 Å². The zero-order valence-corrected chi connectivity index (χ0v) is 15.9. The smallest absolute Gasteiger partial charge is 0.352 e. The number of hydrogen-bond donors (Lipinski definition) is 2. The van der Waals surface area contributed by atoms with Crippen LogP contribution in [0.25, 0.3) is 0 Å². The number of anilines is 1. The highest BCUT2D eigenvalue weighted by atomic mass is 35.5. The number of nitrogens with one attached hydrogen (secondary N) is 2. The average Bonchev–Trinajstić information content (AvgIpc) is 2.56. The molecular formula is C17H16ClF3N2O3S. The predicted molar refractivity (Wildman–Crippen MR) is 96.4 cm³/mol. The Morgan fingerprint density at radius 1 is 1.15 bits per heavy atom. The maximum atomic E-state index is 12.8. The van der Waals surface area contributed by atoms with E-state index in [-0.39, 0.29) is 15.5 Å². The topological polar surface area (TPSA) is 75.3 Å². The van der Waals surface area contributed by atoms with Gasteiger partial charge in [-0.15, -0.1) is 0 Å². The molecule has 146 valence electrons. The summed E-state index contributed by atoms with van der Waals surface area (Å²) in [6.45, 7) is 3.70. The van der Waals surface area contributed by atoms with Gasteiger partial charge in [0.25, 0.3) is 15.9 Å². The molecule has 0 aromatic heterocycles. The number of amides is 1. The second-order valence-corrected chi connectivity index (χ2v) is 7.72. The van der Waals surface area contributed by atoms with E-state index in [1.165, 1.54) is 12.1 Å². The SMILES string of the molecule is CCNC(=O)c1cc(S(=O)(=O)Nc2cc(C(F)(F)F)ccc2Cl)ccc1C. The van der Waals surface area contributed by atoms with Crippen molar-refractivity contribution in [3.63, 3.8) is 0 Å². The summed E-state index contributed by atoms with van der Waals surface area (Å²) in [5.41, 5.74) is -0.755. The van der Waals surface area contributed by atoms with Gasteiger partial charge >= 0.3 is 6.18 Å². The third-order valence-electron chi connectivity index (χ3n) is 3.64. The van der Waals surface area contributed by atoms with E-state index in [4.69, 9.17) is 11.6 Å². The van der Waals surface area contributed by atoms with Crippen molar-refractivity contribution >= 4 is 33.2 Å². The molecule has 0 aliphatic rings. The Labute approximate surface area is 159 Å². The molecule has 2 rings (SSSR count). The monoisotopic (exact) mass is 420 g/mol. The molecule has 2 aromatic carbocycles. The highest BCUT2D eigenvalue weighted by molar-refractivity contribution is 7.92. The first-order valence-electron chi connectivity index (χ1n) is 7.74. The van der Waals surface area contributed by atoms with Crippen LogP contribution in [0.15, 0.2) is 41.3 Å². The quantitative estimate of drug-likeness (QED) is 0.760. The van der Waals surface area contributed by atoms with Crippen LogP contribution in [0.3, 0.4) is 0 Å². The molecule has 2 N–H and O–H groups in total. The molecule has 2 aromatic rings. The number of halogens is 4. The summed E-state index contributed by atoms with van der Waals surface area (Å²) in [4.78, 5) is 11.8. The van der Waals surface area contributed by atoms with Crippen molar-refractivity contribution in [3.05, 3.63) is 58.1 Å². The number of hydrogen-bond acceptors (Lipinski definition) is 3. The third-order valence-corrected chi connectivity index (χ3v) is 5.33. The molecule has 0 spiro atoms. The Morgan fingerprint density at radius 3 is 2.41 bits per heavy atom. The van der Waals surface area contributed by atoms with Gasteiger partial charge in [-0.2, -0.15) is 13.2 Å². The minimum atomic E-state index is -4.65. The maximum Gasteiger partial charge on any atom is 0.416 e. The molecule has 0 saturated heterocycles. The largest absolute Gasteiger partial charge is 0.416 e. The summed E-state index contributed by atoms with van der Waals surface area (Å²) in [7, 11) is -4.27. The Kier molecular flexibility index (Phi) is 6.06. The van der Waals surface area contributed by atoms with Crippen molar-refractivity contribution in [1.82, 2.24) is 5.32 Å². The lowest BCUT2D eigenvalue weighted by Gasteiger charge is -2.14. The van der Waals surface area contributed by atoms with Crippen LogP contribution in [0.2, 0.25) is 5.02 Å². The van der Waals surface area contributed by atoms with Gasteiger partial charge in [-0.05, 0) is 49.7 Å². The van der Waals surface area contributed by atoms with Gasteiger partial charge in [0, 0.05) is 12.1 Å². The van der Waals surface area contributed by atoms with Crippen LogP contribution in [0.4, 0.5) is 18.9 Å². The normalized spacial score (nSPS) is 11.9. The van der Waals surface area contributed by atoms with Crippen LogP contribution in [0, 0.1) is 6.92 Å². The molecule has 0 saturated carbocycles. The fraction of sp³-hybridized carbons (Fsp3) is 0.235. The second kappa shape index (κ2) is 7.77. The highest BCUT2D eigenvalue weighted by Crippen LogP contribution is 2.34. The van der Waals surface area contributed by atoms with Crippen molar-refractivity contribution in [3.8, 4) is 0 Å². The van der Waals surface area contributed by atoms with E-state index in [2.05, 4.69) is 5.32 Å². The minimum Gasteiger partial charge on any atom is -0.352 e. The van der Waals surface area contributed by atoms with Crippen molar-refractivity contribution in [2.24, 2.45) is 0 Å². The van der Waals surface area contributed by atoms with E-state index in [0.717, 1.165) is 18.2 Å². The van der Waals surface area contributed by atoms with Gasteiger partial charge in [-0.3, -0.25) is 9.52 Å². The number of rotatable bonds is 5. The molecule has 10 heteroatoms. The van der Waals surface area contributed by atoms with Crippen molar-refractivity contribution in [2.75, 3.05) is 11.3 Å². The van der Waals surface area contributed by atoms with Crippen LogP contribution < -0.4 is 10.0 Å². The summed E-state index contributed by atoms with van der Waals surface area (Å²) < 4.78 is 65.7. The molecule has 0 atom stereocenters. The Hall–Kier alpha value is -2.26. The van der Waals surface area contributed by atoms with E-state index < -0.39 is 33.4 Å². The second-order valence-electron chi connectivity index (χ2n) is 5.63. The highest BCUT2D eigenvalue weighted by Gasteiger charge is 2.31. The Morgan fingerprint density at radius 2 is 1.81 bits per heavy atom. The Bertz CT molecular complexity index is 976. The number of aryl methyl sites for hydroxylation is 1. The average molecular weight is 421 g/mol. The number of carbonyl (C=O) groups excluding carboxylic acids is 1. The standard InChI is InChI=1S/C17H16ClF3N2O3S/c1-3-22-16(24)13-9-12(6-4-10(13)2)27(25,26)23-15-8-11(17(19,20)21)5-7-14(15)18/h4-9,23H,3H2,1-2H3,(H,22,24). The summed E-state index contributed by atoms with van der Waals surface area (Å²) in [6.07, 6.45) is -4.65. The summed E-state index contributed by atoms with van der Waals surface area (Å²) >= 11 is 5.83. The number of carbonyl (C=O) groups is 1. The van der Waals surface area contributed by atoms with Gasteiger partial charge in [-0.25, -0.2) is 8.42 Å². The van der Waals surface area contributed by atoms with E-state index >= 15 is 0 Å². The first-order valence-corrected chi connectivity index (χ1v) is 9.60. The first kappa shape index (κ1) is 21.0. The number of sulfonamides is 1. The molecule has 5 nitrogen and oxygen atoms in total. The molecule has 0 aliphatic carbocycles. The van der Waals surface area contributed by atoms with Crippen LogP contribution in [-0.2, 0) is 16.2 Å². The molecule has 0 radical (unpaired) electrons. The maximum absolute atomic E-state index is 12.8. The van der Waals surface area contributed by atoms with E-state index in [9.17, 15) is 26.4 Å². The lowest BCUT2D eigenvalue weighted by atomic mass is 10.1. The van der Waals surface area contributed by atoms with E-state index in [0.29, 0.717) is 18.2 Å². The van der Waals surface area contributed by atoms with Gasteiger partial charge in [0.05, 0.1) is 21.2 Å². The van der Waals surface area contributed by atoms with Gasteiger partial charge < -0.3 is 5.32 Å². The lowest BCUT2D eigenvalue weighted by molar-refractivity contribution is -0.137. The summed E-state index contributed by atoms with van der Waals surface area (Å²) in [6, 6.07) is 6.16. The molecule has 0 aliphatic heterocycles. The van der Waals surface area contributed by atoms with Crippen LogP contribution in [0.1, 0.15) is 28.4 Å². The fourth-order valence-electron chi connectivity index (χ4n) is 2.25. The zero-order valence-electron chi connectivity index (χ0n) is 14.3. The third kappa shape index (κ3) is 4.92.